The third-order valence-electron chi connectivity index (χ3n) is 2.18. The minimum absolute atomic E-state index is 0.413. The Morgan fingerprint density at radius 3 is 2.75 bits per heavy atom. The maximum atomic E-state index is 6.07. The van der Waals surface area contributed by atoms with Gasteiger partial charge in [0.05, 0.1) is 24.4 Å². The molecule has 0 fully saturated rings. The molecule has 0 bridgehead atoms. The number of hydrogen-bond donors (Lipinski definition) is 0. The van der Waals surface area contributed by atoms with Gasteiger partial charge in [-0.15, -0.1) is 11.6 Å². The Morgan fingerprint density at radius 2 is 2.06 bits per heavy atom. The number of halogens is 3. The van der Waals surface area contributed by atoms with Crippen molar-refractivity contribution < 1.29 is 0 Å². The van der Waals surface area contributed by atoms with Crippen LogP contribution in [0.4, 0.5) is 0 Å². The van der Waals surface area contributed by atoms with Crippen LogP contribution in [-0.4, -0.2) is 9.55 Å². The maximum Gasteiger partial charge on any atom is 0.0953 e. The van der Waals surface area contributed by atoms with Gasteiger partial charge < -0.3 is 4.57 Å². The van der Waals surface area contributed by atoms with Crippen LogP contribution in [0, 0.1) is 0 Å². The van der Waals surface area contributed by atoms with E-state index in [1.165, 1.54) is 0 Å². The average Bonchev–Trinajstić information content (AvgIpc) is 2.71. The lowest BCUT2D eigenvalue weighted by Crippen LogP contribution is -1.97. The highest BCUT2D eigenvalue weighted by molar-refractivity contribution is 6.33. The molecule has 0 saturated heterocycles. The van der Waals surface area contributed by atoms with Crippen molar-refractivity contribution in [2.24, 2.45) is 0 Å². The summed E-state index contributed by atoms with van der Waals surface area (Å²) in [5.74, 6) is 0.413. The first kappa shape index (κ1) is 11.8. The topological polar surface area (TPSA) is 17.8 Å². The predicted octanol–water partition coefficient (Wildman–Crippen LogP) is 3.98. The van der Waals surface area contributed by atoms with Crippen molar-refractivity contribution in [3.63, 3.8) is 0 Å². The Bertz CT molecular complexity index is 494. The Balaban J connectivity index is 2.22. The highest BCUT2D eigenvalue weighted by atomic mass is 35.5. The van der Waals surface area contributed by atoms with Gasteiger partial charge in [0, 0.05) is 16.2 Å². The second-order valence-corrected chi connectivity index (χ2v) is 4.52. The molecule has 0 amide bonds. The summed E-state index contributed by atoms with van der Waals surface area (Å²) in [6.07, 6.45) is 3.62. The van der Waals surface area contributed by atoms with Crippen LogP contribution in [0.2, 0.25) is 10.0 Å². The van der Waals surface area contributed by atoms with Crippen LogP contribution >= 0.6 is 34.8 Å². The van der Waals surface area contributed by atoms with Gasteiger partial charge in [-0.2, -0.15) is 0 Å². The van der Waals surface area contributed by atoms with Crippen molar-refractivity contribution in [1.29, 1.82) is 0 Å². The lowest BCUT2D eigenvalue weighted by atomic mass is 10.2. The SMILES string of the molecule is ClCc1cn(Cc2cc(Cl)ccc2Cl)cn1. The third kappa shape index (κ3) is 2.70. The summed E-state index contributed by atoms with van der Waals surface area (Å²) >= 11 is 17.7. The number of hydrogen-bond acceptors (Lipinski definition) is 1. The molecular formula is C11H9Cl3N2. The molecule has 0 aliphatic carbocycles. The lowest BCUT2D eigenvalue weighted by Gasteiger charge is -2.05. The number of aromatic nitrogens is 2. The summed E-state index contributed by atoms with van der Waals surface area (Å²) in [5, 5.41) is 1.38. The molecular weight excluding hydrogens is 266 g/mol. The molecule has 2 nitrogen and oxygen atoms in total. The number of nitrogens with zero attached hydrogens (tertiary/aromatic N) is 2. The first-order valence-electron chi connectivity index (χ1n) is 4.69. The van der Waals surface area contributed by atoms with Gasteiger partial charge >= 0.3 is 0 Å². The molecule has 5 heteroatoms. The van der Waals surface area contributed by atoms with Crippen molar-refractivity contribution in [3.8, 4) is 0 Å². The zero-order valence-corrected chi connectivity index (χ0v) is 10.6. The largest absolute Gasteiger partial charge is 0.333 e. The lowest BCUT2D eigenvalue weighted by molar-refractivity contribution is 0.797. The second-order valence-electron chi connectivity index (χ2n) is 3.41. The molecule has 1 heterocycles. The van der Waals surface area contributed by atoms with Crippen LogP contribution in [0.5, 0.6) is 0 Å². The highest BCUT2D eigenvalue weighted by Crippen LogP contribution is 2.21. The molecule has 0 atom stereocenters. The summed E-state index contributed by atoms with van der Waals surface area (Å²) in [6, 6.07) is 5.41. The predicted molar refractivity (Wildman–Crippen MR) is 67.3 cm³/mol. The average molecular weight is 276 g/mol. The summed E-state index contributed by atoms with van der Waals surface area (Å²) in [4.78, 5) is 4.14. The third-order valence-corrected chi connectivity index (χ3v) is 3.06. The van der Waals surface area contributed by atoms with Crippen LogP contribution in [0.25, 0.3) is 0 Å². The van der Waals surface area contributed by atoms with E-state index in [4.69, 9.17) is 34.8 Å². The first-order valence-corrected chi connectivity index (χ1v) is 5.98. The highest BCUT2D eigenvalue weighted by Gasteiger charge is 2.03. The molecule has 84 valence electrons. The molecule has 0 saturated carbocycles. The molecule has 2 aromatic rings. The van der Waals surface area contributed by atoms with Gasteiger partial charge in [0.1, 0.15) is 0 Å². The molecule has 1 aromatic carbocycles. The van der Waals surface area contributed by atoms with Gasteiger partial charge in [0.25, 0.3) is 0 Å². The second kappa shape index (κ2) is 5.09. The Hall–Kier alpha value is -0.700. The Morgan fingerprint density at radius 1 is 1.25 bits per heavy atom. The van der Waals surface area contributed by atoms with E-state index in [9.17, 15) is 0 Å². The van der Waals surface area contributed by atoms with Gasteiger partial charge in [-0.3, -0.25) is 0 Å². The number of rotatable bonds is 3. The van der Waals surface area contributed by atoms with E-state index in [0.29, 0.717) is 22.5 Å². The quantitative estimate of drug-likeness (QED) is 0.775. The molecule has 2 rings (SSSR count). The zero-order valence-electron chi connectivity index (χ0n) is 8.33. The van der Waals surface area contributed by atoms with Gasteiger partial charge in [0.2, 0.25) is 0 Å². The molecule has 0 aliphatic heterocycles. The van der Waals surface area contributed by atoms with Crippen molar-refractivity contribution in [2.75, 3.05) is 0 Å². The molecule has 0 N–H and O–H groups in total. The number of alkyl halides is 1. The maximum absolute atomic E-state index is 6.07. The van der Waals surface area contributed by atoms with E-state index in [1.54, 1.807) is 18.5 Å². The van der Waals surface area contributed by atoms with Crippen LogP contribution in [0.1, 0.15) is 11.3 Å². The van der Waals surface area contributed by atoms with Crippen LogP contribution in [0.3, 0.4) is 0 Å². The molecule has 1 aromatic heterocycles. The molecule has 16 heavy (non-hydrogen) atoms. The van der Waals surface area contributed by atoms with E-state index < -0.39 is 0 Å². The van der Waals surface area contributed by atoms with Crippen molar-refractivity contribution in [1.82, 2.24) is 9.55 Å². The number of benzene rings is 1. The summed E-state index contributed by atoms with van der Waals surface area (Å²) in [6.45, 7) is 0.642. The van der Waals surface area contributed by atoms with Gasteiger partial charge in [-0.1, -0.05) is 23.2 Å². The molecule has 0 unspecified atom stereocenters. The summed E-state index contributed by atoms with van der Waals surface area (Å²) < 4.78 is 1.93. The number of imidazole rings is 1. The van der Waals surface area contributed by atoms with Gasteiger partial charge in [0.15, 0.2) is 0 Å². The minimum Gasteiger partial charge on any atom is -0.333 e. The van der Waals surface area contributed by atoms with Crippen LogP contribution in [-0.2, 0) is 12.4 Å². The normalized spacial score (nSPS) is 10.7. The minimum atomic E-state index is 0.413. The van der Waals surface area contributed by atoms with Crippen LogP contribution < -0.4 is 0 Å². The van der Waals surface area contributed by atoms with Crippen molar-refractivity contribution >= 4 is 34.8 Å². The monoisotopic (exact) mass is 274 g/mol. The zero-order chi connectivity index (χ0) is 11.5. The first-order chi connectivity index (χ1) is 7.69. The smallest absolute Gasteiger partial charge is 0.0953 e. The van der Waals surface area contributed by atoms with Gasteiger partial charge in [-0.05, 0) is 23.8 Å². The van der Waals surface area contributed by atoms with E-state index >= 15 is 0 Å². The standard InChI is InChI=1S/C11H9Cl3N2/c12-4-10-6-16(7-15-10)5-8-3-9(13)1-2-11(8)14/h1-3,6-7H,4-5H2. The Labute approximate surface area is 109 Å². The van der Waals surface area contributed by atoms with E-state index in [1.807, 2.05) is 16.8 Å². The summed E-state index contributed by atoms with van der Waals surface area (Å²) in [5.41, 5.74) is 1.81. The van der Waals surface area contributed by atoms with E-state index in [0.717, 1.165) is 11.3 Å². The molecule has 0 radical (unpaired) electrons. The fourth-order valence-corrected chi connectivity index (χ4v) is 1.93. The van der Waals surface area contributed by atoms with E-state index in [2.05, 4.69) is 4.98 Å². The fraction of sp³-hybridized carbons (Fsp3) is 0.182. The van der Waals surface area contributed by atoms with Crippen molar-refractivity contribution in [2.45, 2.75) is 12.4 Å². The molecule has 0 aliphatic rings. The van der Waals surface area contributed by atoms with E-state index in [-0.39, 0.29) is 0 Å². The molecule has 0 spiro atoms. The van der Waals surface area contributed by atoms with Gasteiger partial charge in [-0.25, -0.2) is 4.98 Å². The van der Waals surface area contributed by atoms with Crippen molar-refractivity contribution in [3.05, 3.63) is 52.0 Å². The van der Waals surface area contributed by atoms with Crippen LogP contribution in [0.15, 0.2) is 30.7 Å². The summed E-state index contributed by atoms with van der Waals surface area (Å²) in [7, 11) is 0. The Kier molecular flexibility index (Phi) is 3.74. The fourth-order valence-electron chi connectivity index (χ4n) is 1.42.